The summed E-state index contributed by atoms with van der Waals surface area (Å²) in [6.07, 6.45) is 0.872. The highest BCUT2D eigenvalue weighted by atomic mass is 35.5. The van der Waals surface area contributed by atoms with Gasteiger partial charge in [0, 0.05) is 11.6 Å². The minimum atomic E-state index is -0.671. The Labute approximate surface area is 218 Å². The van der Waals surface area contributed by atoms with Crippen molar-refractivity contribution in [1.29, 1.82) is 5.26 Å². The fraction of sp³-hybridized carbons (Fsp3) is 0.185. The van der Waals surface area contributed by atoms with Gasteiger partial charge in [-0.25, -0.2) is 4.79 Å². The first-order valence-electron chi connectivity index (χ1n) is 11.1. The maximum atomic E-state index is 12.7. The highest BCUT2D eigenvalue weighted by molar-refractivity contribution is 6.37. The van der Waals surface area contributed by atoms with Gasteiger partial charge in [-0.15, -0.1) is 0 Å². The molecule has 36 heavy (non-hydrogen) atoms. The van der Waals surface area contributed by atoms with Crippen molar-refractivity contribution in [1.82, 2.24) is 0 Å². The number of halogens is 2. The van der Waals surface area contributed by atoms with E-state index < -0.39 is 11.9 Å². The van der Waals surface area contributed by atoms with Crippen LogP contribution >= 0.6 is 23.2 Å². The molecule has 0 bridgehead atoms. The number of nitriles is 1. The van der Waals surface area contributed by atoms with Gasteiger partial charge >= 0.3 is 5.97 Å². The van der Waals surface area contributed by atoms with E-state index in [-0.39, 0.29) is 38.6 Å². The first-order chi connectivity index (χ1) is 17.4. The van der Waals surface area contributed by atoms with Crippen LogP contribution in [0.15, 0.2) is 66.1 Å². The zero-order valence-electron chi connectivity index (χ0n) is 19.5. The first kappa shape index (κ1) is 25.2. The van der Waals surface area contributed by atoms with Crippen molar-refractivity contribution >= 4 is 29.2 Å². The number of hydrogen-bond donors (Lipinski definition) is 1. The highest BCUT2D eigenvalue weighted by Gasteiger charge is 2.31. The monoisotopic (exact) mass is 524 g/mol. The molecule has 3 aromatic carbocycles. The summed E-state index contributed by atoms with van der Waals surface area (Å²) >= 11 is 12.3. The van der Waals surface area contributed by atoms with Gasteiger partial charge < -0.3 is 24.7 Å². The zero-order valence-corrected chi connectivity index (χ0v) is 21.0. The van der Waals surface area contributed by atoms with Crippen molar-refractivity contribution in [3.63, 3.8) is 0 Å². The number of carbonyl (C=O) groups excluding carboxylic acids is 1. The number of nitrogens with two attached hydrogens (primary N) is 1. The highest BCUT2D eigenvalue weighted by Crippen LogP contribution is 2.44. The standard InChI is InChI=1S/C27H22Cl2N2O5/c1-3-9-34-17-6-4-5-15(10-17)24-19-8-7-18(13-23(19)36-26(31)20(24)14-30)35-27(32)16-11-21(28)25(33-2)22(29)12-16/h4-8,10-13,24H,3,9,31H2,1-2H3. The van der Waals surface area contributed by atoms with Crippen molar-refractivity contribution < 1.29 is 23.7 Å². The lowest BCUT2D eigenvalue weighted by Crippen LogP contribution is -2.21. The van der Waals surface area contributed by atoms with E-state index in [1.54, 1.807) is 18.2 Å². The Morgan fingerprint density at radius 1 is 1.11 bits per heavy atom. The van der Waals surface area contributed by atoms with Gasteiger partial charge in [0.2, 0.25) is 5.88 Å². The molecular weight excluding hydrogens is 503 g/mol. The number of hydrogen-bond acceptors (Lipinski definition) is 7. The number of benzene rings is 3. The average molecular weight is 525 g/mol. The number of methoxy groups -OCH3 is 1. The summed E-state index contributed by atoms with van der Waals surface area (Å²) in [5.74, 6) is 0.375. The topological polar surface area (TPSA) is 104 Å². The number of nitrogens with zero attached hydrogens (tertiary/aromatic N) is 1. The molecule has 0 fully saturated rings. The van der Waals surface area contributed by atoms with Crippen molar-refractivity contribution in [2.75, 3.05) is 13.7 Å². The molecule has 4 rings (SSSR count). The summed E-state index contributed by atoms with van der Waals surface area (Å²) in [7, 11) is 1.43. The molecule has 0 saturated carbocycles. The minimum Gasteiger partial charge on any atom is -0.494 e. The van der Waals surface area contributed by atoms with Crippen LogP contribution in [0.1, 0.15) is 40.7 Å². The lowest BCUT2D eigenvalue weighted by molar-refractivity contribution is 0.0734. The second-order valence-corrected chi connectivity index (χ2v) is 8.72. The lowest BCUT2D eigenvalue weighted by Gasteiger charge is -2.27. The summed E-state index contributed by atoms with van der Waals surface area (Å²) < 4.78 is 22.1. The number of carbonyl (C=O) groups is 1. The van der Waals surface area contributed by atoms with E-state index in [2.05, 4.69) is 6.07 Å². The molecule has 184 valence electrons. The minimum absolute atomic E-state index is 0.0212. The summed E-state index contributed by atoms with van der Waals surface area (Å²) in [5.41, 5.74) is 8.06. The Bertz CT molecular complexity index is 1370. The molecule has 2 N–H and O–H groups in total. The number of esters is 1. The zero-order chi connectivity index (χ0) is 25.8. The number of rotatable bonds is 7. The van der Waals surface area contributed by atoms with E-state index in [0.29, 0.717) is 23.7 Å². The molecule has 0 amide bonds. The molecule has 0 aromatic heterocycles. The maximum Gasteiger partial charge on any atom is 0.343 e. The summed E-state index contributed by atoms with van der Waals surface area (Å²) in [5, 5.41) is 10.2. The second kappa shape index (κ2) is 10.8. The molecule has 1 heterocycles. The van der Waals surface area contributed by atoms with Crippen molar-refractivity contribution in [3.8, 4) is 29.1 Å². The SMILES string of the molecule is CCCOc1cccc(C2C(C#N)=C(N)Oc3cc(OC(=O)c4cc(Cl)c(OC)c(Cl)c4)ccc32)c1. The molecule has 0 radical (unpaired) electrons. The van der Waals surface area contributed by atoms with Crippen molar-refractivity contribution in [2.24, 2.45) is 5.73 Å². The molecule has 1 unspecified atom stereocenters. The van der Waals surface area contributed by atoms with Crippen LogP contribution in [0.2, 0.25) is 10.0 Å². The summed E-state index contributed by atoms with van der Waals surface area (Å²) in [4.78, 5) is 12.7. The van der Waals surface area contributed by atoms with Gasteiger partial charge in [0.1, 0.15) is 28.9 Å². The fourth-order valence-corrected chi connectivity index (χ4v) is 4.53. The van der Waals surface area contributed by atoms with Crippen LogP contribution in [0.3, 0.4) is 0 Å². The predicted octanol–water partition coefficient (Wildman–Crippen LogP) is 6.23. The maximum absolute atomic E-state index is 12.7. The normalized spacial score (nSPS) is 14.4. The van der Waals surface area contributed by atoms with Gasteiger partial charge in [0.05, 0.1) is 35.2 Å². The van der Waals surface area contributed by atoms with E-state index in [9.17, 15) is 10.1 Å². The van der Waals surface area contributed by atoms with E-state index >= 15 is 0 Å². The predicted molar refractivity (Wildman–Crippen MR) is 136 cm³/mol. The van der Waals surface area contributed by atoms with Crippen molar-refractivity contribution in [2.45, 2.75) is 19.3 Å². The van der Waals surface area contributed by atoms with Crippen LogP contribution in [0, 0.1) is 11.3 Å². The molecule has 0 saturated heterocycles. The van der Waals surface area contributed by atoms with Crippen molar-refractivity contribution in [3.05, 3.63) is 92.8 Å². The third kappa shape index (κ3) is 5.06. The average Bonchev–Trinajstić information content (AvgIpc) is 2.86. The van der Waals surface area contributed by atoms with Gasteiger partial charge in [-0.1, -0.05) is 48.3 Å². The molecule has 1 aliphatic heterocycles. The van der Waals surface area contributed by atoms with Gasteiger partial charge in [-0.2, -0.15) is 5.26 Å². The molecule has 0 spiro atoms. The van der Waals surface area contributed by atoms with Gasteiger partial charge in [-0.3, -0.25) is 0 Å². The Morgan fingerprint density at radius 3 is 2.53 bits per heavy atom. The van der Waals surface area contributed by atoms with Crippen LogP contribution in [-0.2, 0) is 0 Å². The Morgan fingerprint density at radius 2 is 1.86 bits per heavy atom. The number of fused-ring (bicyclic) bond motifs is 1. The molecule has 0 aliphatic carbocycles. The third-order valence-corrected chi connectivity index (χ3v) is 6.06. The summed E-state index contributed by atoms with van der Waals surface area (Å²) in [6, 6.07) is 17.4. The van der Waals surface area contributed by atoms with Crippen LogP contribution < -0.4 is 24.7 Å². The number of allylic oxidation sites excluding steroid dienone is 1. The molecular formula is C27H22Cl2N2O5. The van der Waals surface area contributed by atoms with Gasteiger partial charge in [-0.05, 0) is 42.3 Å². The smallest absolute Gasteiger partial charge is 0.343 e. The first-order valence-corrected chi connectivity index (χ1v) is 11.8. The largest absolute Gasteiger partial charge is 0.494 e. The Kier molecular flexibility index (Phi) is 7.58. The van der Waals surface area contributed by atoms with E-state index in [4.69, 9.17) is 47.9 Å². The Hall–Kier alpha value is -3.86. The van der Waals surface area contributed by atoms with E-state index in [1.807, 2.05) is 31.2 Å². The van der Waals surface area contributed by atoms with Gasteiger partial charge in [0.25, 0.3) is 0 Å². The van der Waals surface area contributed by atoms with E-state index in [0.717, 1.165) is 12.0 Å². The van der Waals surface area contributed by atoms with Gasteiger partial charge in [0.15, 0.2) is 5.75 Å². The van der Waals surface area contributed by atoms with E-state index in [1.165, 1.54) is 19.2 Å². The molecule has 7 nitrogen and oxygen atoms in total. The Balaban J connectivity index is 1.66. The quantitative estimate of drug-likeness (QED) is 0.288. The molecule has 1 atom stereocenters. The van der Waals surface area contributed by atoms with Crippen LogP contribution in [0.5, 0.6) is 23.0 Å². The lowest BCUT2D eigenvalue weighted by atomic mass is 9.83. The molecule has 1 aliphatic rings. The van der Waals surface area contributed by atoms with Crippen LogP contribution in [-0.4, -0.2) is 19.7 Å². The fourth-order valence-electron chi connectivity index (χ4n) is 3.88. The third-order valence-electron chi connectivity index (χ3n) is 5.50. The molecule has 9 heteroatoms. The molecule has 3 aromatic rings. The summed E-state index contributed by atoms with van der Waals surface area (Å²) in [6.45, 7) is 2.61. The van der Waals surface area contributed by atoms with Crippen LogP contribution in [0.25, 0.3) is 0 Å². The van der Waals surface area contributed by atoms with Crippen LogP contribution in [0.4, 0.5) is 0 Å². The number of ether oxygens (including phenoxy) is 4. The second-order valence-electron chi connectivity index (χ2n) is 7.91.